The van der Waals surface area contributed by atoms with Crippen LogP contribution in [-0.4, -0.2) is 21.7 Å². The molecule has 0 aliphatic carbocycles. The quantitative estimate of drug-likeness (QED) is 0.846. The zero-order valence-corrected chi connectivity index (χ0v) is 11.7. The van der Waals surface area contributed by atoms with Crippen molar-refractivity contribution in [3.63, 3.8) is 0 Å². The maximum atomic E-state index is 5.87. The lowest BCUT2D eigenvalue weighted by atomic mass is 10.3. The molecule has 0 amide bonds. The normalized spacial score (nSPS) is 13.1. The van der Waals surface area contributed by atoms with Crippen molar-refractivity contribution >= 4 is 27.5 Å². The van der Waals surface area contributed by atoms with Gasteiger partial charge in [0.2, 0.25) is 0 Å². The minimum atomic E-state index is 0.155. The second kappa shape index (κ2) is 5.87. The van der Waals surface area contributed by atoms with Crippen LogP contribution in [0.25, 0.3) is 0 Å². The van der Waals surface area contributed by atoms with Crippen LogP contribution in [0.15, 0.2) is 4.47 Å². The molecule has 0 fully saturated rings. The molecular weight excluding hydrogens is 277 g/mol. The number of rotatable bonds is 5. The lowest BCUT2D eigenvalue weighted by molar-refractivity contribution is 0.577. The van der Waals surface area contributed by atoms with Gasteiger partial charge in [-0.05, 0) is 36.7 Å². The van der Waals surface area contributed by atoms with E-state index in [1.807, 2.05) is 18.5 Å². The van der Waals surface area contributed by atoms with E-state index < -0.39 is 0 Å². The van der Waals surface area contributed by atoms with Crippen molar-refractivity contribution < 1.29 is 0 Å². The minimum absolute atomic E-state index is 0.155. The van der Waals surface area contributed by atoms with E-state index >= 15 is 0 Å². The molecule has 0 spiro atoms. The van der Waals surface area contributed by atoms with Crippen molar-refractivity contribution in [1.82, 2.24) is 15.1 Å². The van der Waals surface area contributed by atoms with Crippen LogP contribution in [0, 0.1) is 6.92 Å². The third-order valence-electron chi connectivity index (χ3n) is 2.17. The Balaban J connectivity index is 2.66. The van der Waals surface area contributed by atoms with Crippen molar-refractivity contribution in [2.75, 3.05) is 6.54 Å². The molecule has 0 radical (unpaired) electrons. The lowest BCUT2D eigenvalue weighted by Gasteiger charge is -2.08. The van der Waals surface area contributed by atoms with Crippen molar-refractivity contribution in [2.45, 2.75) is 39.2 Å². The third kappa shape index (κ3) is 3.47. The van der Waals surface area contributed by atoms with Gasteiger partial charge in [-0.15, -0.1) is 11.6 Å². The maximum Gasteiger partial charge on any atom is 0.0739 e. The second-order valence-electron chi connectivity index (χ2n) is 3.57. The summed E-state index contributed by atoms with van der Waals surface area (Å²) in [5.74, 6) is 0. The molecule has 0 bridgehead atoms. The summed E-state index contributed by atoms with van der Waals surface area (Å²) in [4.78, 5) is 0. The van der Waals surface area contributed by atoms with Gasteiger partial charge in [-0.3, -0.25) is 4.68 Å². The number of nitrogens with zero attached hydrogens (tertiary/aromatic N) is 2. The van der Waals surface area contributed by atoms with Gasteiger partial charge in [0.15, 0.2) is 0 Å². The molecule has 1 aromatic heterocycles. The average Bonchev–Trinajstić information content (AvgIpc) is 2.44. The number of hydrogen-bond acceptors (Lipinski definition) is 2. The summed E-state index contributed by atoms with van der Waals surface area (Å²) < 4.78 is 3.10. The summed E-state index contributed by atoms with van der Waals surface area (Å²) >= 11 is 9.42. The Bertz CT molecular complexity index is 323. The molecule has 0 aliphatic heterocycles. The van der Waals surface area contributed by atoms with Gasteiger partial charge >= 0.3 is 0 Å². The van der Waals surface area contributed by atoms with E-state index in [-0.39, 0.29) is 5.38 Å². The van der Waals surface area contributed by atoms with Gasteiger partial charge in [-0.25, -0.2) is 0 Å². The highest BCUT2D eigenvalue weighted by Crippen LogP contribution is 2.20. The van der Waals surface area contributed by atoms with Crippen LogP contribution in [0.1, 0.15) is 25.2 Å². The minimum Gasteiger partial charge on any atom is -0.310 e. The van der Waals surface area contributed by atoms with E-state index in [0.29, 0.717) is 0 Å². The lowest BCUT2D eigenvalue weighted by Crippen LogP contribution is -2.22. The molecule has 1 aromatic rings. The first-order valence-electron chi connectivity index (χ1n) is 5.12. The van der Waals surface area contributed by atoms with Gasteiger partial charge in [0, 0.05) is 25.0 Å². The zero-order valence-electron chi connectivity index (χ0n) is 9.35. The molecule has 15 heavy (non-hydrogen) atoms. The molecule has 0 saturated carbocycles. The zero-order chi connectivity index (χ0) is 11.4. The molecule has 1 heterocycles. The van der Waals surface area contributed by atoms with Crippen LogP contribution in [0.3, 0.4) is 0 Å². The van der Waals surface area contributed by atoms with Crippen molar-refractivity contribution in [3.05, 3.63) is 15.9 Å². The van der Waals surface area contributed by atoms with Crippen LogP contribution in [-0.2, 0) is 13.1 Å². The molecule has 0 saturated heterocycles. The Hall–Kier alpha value is -0.0600. The smallest absolute Gasteiger partial charge is 0.0739 e. The number of nitrogens with one attached hydrogen (secondary N) is 1. The van der Waals surface area contributed by atoms with Crippen molar-refractivity contribution in [1.29, 1.82) is 0 Å². The van der Waals surface area contributed by atoms with Crippen LogP contribution < -0.4 is 5.32 Å². The number of hydrogen-bond donors (Lipinski definition) is 1. The molecule has 86 valence electrons. The second-order valence-corrected chi connectivity index (χ2v) is 5.11. The average molecular weight is 295 g/mol. The third-order valence-corrected chi connectivity index (χ3v) is 3.36. The molecular formula is C10H17BrClN3. The number of aromatic nitrogens is 2. The highest BCUT2D eigenvalue weighted by atomic mass is 79.9. The van der Waals surface area contributed by atoms with Crippen molar-refractivity contribution in [3.8, 4) is 0 Å². The fourth-order valence-electron chi connectivity index (χ4n) is 1.43. The first-order chi connectivity index (χ1) is 7.06. The van der Waals surface area contributed by atoms with Gasteiger partial charge in [-0.1, -0.05) is 0 Å². The van der Waals surface area contributed by atoms with Gasteiger partial charge in [0.1, 0.15) is 0 Å². The summed E-state index contributed by atoms with van der Waals surface area (Å²) in [7, 11) is 0. The van der Waals surface area contributed by atoms with Crippen LogP contribution in [0.5, 0.6) is 0 Å². The summed E-state index contributed by atoms with van der Waals surface area (Å²) in [6, 6.07) is 0. The Morgan fingerprint density at radius 3 is 2.80 bits per heavy atom. The predicted molar refractivity (Wildman–Crippen MR) is 67.4 cm³/mol. The van der Waals surface area contributed by atoms with E-state index in [0.717, 1.165) is 29.8 Å². The van der Waals surface area contributed by atoms with E-state index in [4.69, 9.17) is 11.6 Å². The number of alkyl halides is 1. The van der Waals surface area contributed by atoms with Crippen LogP contribution >= 0.6 is 27.5 Å². The summed E-state index contributed by atoms with van der Waals surface area (Å²) in [5, 5.41) is 7.89. The molecule has 5 heteroatoms. The van der Waals surface area contributed by atoms with Gasteiger partial charge in [0.25, 0.3) is 0 Å². The fourth-order valence-corrected chi connectivity index (χ4v) is 1.96. The van der Waals surface area contributed by atoms with Gasteiger partial charge in [0.05, 0.1) is 15.9 Å². The molecule has 0 aromatic carbocycles. The Morgan fingerprint density at radius 1 is 1.60 bits per heavy atom. The summed E-state index contributed by atoms with van der Waals surface area (Å²) in [6.07, 6.45) is 0. The molecule has 1 atom stereocenters. The maximum absolute atomic E-state index is 5.87. The van der Waals surface area contributed by atoms with Gasteiger partial charge in [-0.2, -0.15) is 5.10 Å². The molecule has 1 unspecified atom stereocenters. The Kier molecular flexibility index (Phi) is 5.09. The van der Waals surface area contributed by atoms with Crippen molar-refractivity contribution in [2.24, 2.45) is 0 Å². The molecule has 1 rings (SSSR count). The van der Waals surface area contributed by atoms with Crippen LogP contribution in [0.4, 0.5) is 0 Å². The largest absolute Gasteiger partial charge is 0.310 e. The van der Waals surface area contributed by atoms with E-state index in [1.54, 1.807) is 0 Å². The standard InChI is InChI=1S/C10H17BrClN3/c1-4-15-9(6-13-5-7(2)12)10(11)8(3)14-15/h7,13H,4-6H2,1-3H3. The first-order valence-corrected chi connectivity index (χ1v) is 6.35. The molecule has 1 N–H and O–H groups in total. The topological polar surface area (TPSA) is 29.9 Å². The molecule has 3 nitrogen and oxygen atoms in total. The van der Waals surface area contributed by atoms with E-state index in [1.165, 1.54) is 5.69 Å². The number of halogens is 2. The Morgan fingerprint density at radius 2 is 2.27 bits per heavy atom. The predicted octanol–water partition coefficient (Wildman–Crippen LogP) is 2.69. The number of aryl methyl sites for hydroxylation is 2. The van der Waals surface area contributed by atoms with E-state index in [9.17, 15) is 0 Å². The highest BCUT2D eigenvalue weighted by molar-refractivity contribution is 9.10. The van der Waals surface area contributed by atoms with E-state index in [2.05, 4.69) is 33.3 Å². The van der Waals surface area contributed by atoms with Gasteiger partial charge < -0.3 is 5.32 Å². The fraction of sp³-hybridized carbons (Fsp3) is 0.700. The Labute approximate surface area is 104 Å². The van der Waals surface area contributed by atoms with Crippen LogP contribution in [0.2, 0.25) is 0 Å². The molecule has 0 aliphatic rings. The SMILES string of the molecule is CCn1nc(C)c(Br)c1CNCC(C)Cl. The first kappa shape index (κ1) is 13.0. The summed E-state index contributed by atoms with van der Waals surface area (Å²) in [6.45, 7) is 8.57. The summed E-state index contributed by atoms with van der Waals surface area (Å²) in [5.41, 5.74) is 2.22. The highest BCUT2D eigenvalue weighted by Gasteiger charge is 2.11. The monoisotopic (exact) mass is 293 g/mol.